The first-order valence-corrected chi connectivity index (χ1v) is 6.94. The Morgan fingerprint density at radius 2 is 1.86 bits per heavy atom. The summed E-state index contributed by atoms with van der Waals surface area (Å²) < 4.78 is 2.49. The molecule has 0 bridgehead atoms. The molecule has 0 atom stereocenters. The van der Waals surface area contributed by atoms with E-state index in [1.807, 2.05) is 20.8 Å². The number of carbonyl (C=O) groups excluding carboxylic acids is 1. The standard InChI is InChI=1S/C14H22N6O/c1-13(2,3)7-10-17-11(14(4,5)6)20(18-10)12(21)19-9-15-8-16-19/h8-9H,7H2,1-6H3. The monoisotopic (exact) mass is 290 g/mol. The van der Waals surface area contributed by atoms with Crippen LogP contribution in [0.1, 0.15) is 53.2 Å². The summed E-state index contributed by atoms with van der Waals surface area (Å²) in [5.74, 6) is 1.29. The van der Waals surface area contributed by atoms with Crippen molar-refractivity contribution < 1.29 is 4.79 Å². The molecule has 0 radical (unpaired) electrons. The average Bonchev–Trinajstić information content (AvgIpc) is 2.92. The van der Waals surface area contributed by atoms with Crippen molar-refractivity contribution in [3.05, 3.63) is 24.3 Å². The lowest BCUT2D eigenvalue weighted by molar-refractivity contribution is 0.235. The summed E-state index contributed by atoms with van der Waals surface area (Å²) in [4.78, 5) is 20.8. The maximum Gasteiger partial charge on any atom is 0.372 e. The lowest BCUT2D eigenvalue weighted by Gasteiger charge is -2.17. The highest BCUT2D eigenvalue weighted by Crippen LogP contribution is 2.24. The van der Waals surface area contributed by atoms with Gasteiger partial charge < -0.3 is 0 Å². The number of carbonyl (C=O) groups is 1. The van der Waals surface area contributed by atoms with Crippen LogP contribution < -0.4 is 0 Å². The van der Waals surface area contributed by atoms with Gasteiger partial charge in [0, 0.05) is 11.8 Å². The minimum Gasteiger partial charge on any atom is -0.243 e. The van der Waals surface area contributed by atoms with Crippen molar-refractivity contribution in [1.82, 2.24) is 29.5 Å². The number of nitrogens with zero attached hydrogens (tertiary/aromatic N) is 6. The third-order valence-electron chi connectivity index (χ3n) is 2.81. The molecule has 2 aromatic rings. The summed E-state index contributed by atoms with van der Waals surface area (Å²) in [6, 6.07) is -0.370. The van der Waals surface area contributed by atoms with E-state index in [9.17, 15) is 4.79 Å². The van der Waals surface area contributed by atoms with Crippen LogP contribution in [0.5, 0.6) is 0 Å². The Hall–Kier alpha value is -2.05. The van der Waals surface area contributed by atoms with Gasteiger partial charge in [-0.3, -0.25) is 0 Å². The van der Waals surface area contributed by atoms with Crippen molar-refractivity contribution in [2.75, 3.05) is 0 Å². The van der Waals surface area contributed by atoms with Crippen LogP contribution in [0.4, 0.5) is 4.79 Å². The van der Waals surface area contributed by atoms with E-state index in [1.165, 1.54) is 17.3 Å². The first-order valence-electron chi connectivity index (χ1n) is 6.94. The minimum absolute atomic E-state index is 0.0532. The van der Waals surface area contributed by atoms with Gasteiger partial charge in [-0.05, 0) is 5.41 Å². The Balaban J connectivity index is 2.46. The van der Waals surface area contributed by atoms with Crippen LogP contribution in [-0.2, 0) is 11.8 Å². The van der Waals surface area contributed by atoms with Crippen molar-refractivity contribution >= 4 is 6.03 Å². The topological polar surface area (TPSA) is 78.5 Å². The zero-order valence-corrected chi connectivity index (χ0v) is 13.5. The van der Waals surface area contributed by atoms with Gasteiger partial charge in [-0.15, -0.1) is 5.10 Å². The second-order valence-corrected chi connectivity index (χ2v) is 7.37. The van der Waals surface area contributed by atoms with E-state index < -0.39 is 0 Å². The number of hydrogen-bond acceptors (Lipinski definition) is 5. The smallest absolute Gasteiger partial charge is 0.243 e. The number of hydrogen-bond donors (Lipinski definition) is 0. The van der Waals surface area contributed by atoms with Crippen molar-refractivity contribution in [3.8, 4) is 0 Å². The molecule has 7 heteroatoms. The van der Waals surface area contributed by atoms with Gasteiger partial charge >= 0.3 is 6.03 Å². The third kappa shape index (κ3) is 3.53. The van der Waals surface area contributed by atoms with Crippen LogP contribution >= 0.6 is 0 Å². The van der Waals surface area contributed by atoms with Gasteiger partial charge in [0.15, 0.2) is 5.82 Å². The van der Waals surface area contributed by atoms with Crippen LogP contribution in [0.3, 0.4) is 0 Å². The predicted octanol–water partition coefficient (Wildman–Crippen LogP) is 2.27. The van der Waals surface area contributed by atoms with Crippen molar-refractivity contribution in [1.29, 1.82) is 0 Å². The second kappa shape index (κ2) is 5.05. The third-order valence-corrected chi connectivity index (χ3v) is 2.81. The molecule has 0 saturated heterocycles. The zero-order chi connectivity index (χ0) is 15.8. The molecule has 0 aliphatic heterocycles. The maximum atomic E-state index is 12.5. The molecule has 0 aliphatic carbocycles. The molecule has 2 heterocycles. The number of rotatable bonds is 1. The molecule has 2 rings (SSSR count). The van der Waals surface area contributed by atoms with Crippen molar-refractivity contribution in [2.45, 2.75) is 53.4 Å². The Kier molecular flexibility index (Phi) is 3.69. The summed E-state index contributed by atoms with van der Waals surface area (Å²) in [5.41, 5.74) is -0.239. The summed E-state index contributed by atoms with van der Waals surface area (Å²) in [5, 5.41) is 8.25. The summed E-state index contributed by atoms with van der Waals surface area (Å²) >= 11 is 0. The minimum atomic E-state index is -0.370. The van der Waals surface area contributed by atoms with Crippen molar-refractivity contribution in [2.24, 2.45) is 5.41 Å². The van der Waals surface area contributed by atoms with E-state index >= 15 is 0 Å². The molecule has 114 valence electrons. The normalized spacial score (nSPS) is 12.7. The molecule has 0 aliphatic rings. The molecule has 21 heavy (non-hydrogen) atoms. The van der Waals surface area contributed by atoms with Gasteiger partial charge in [-0.25, -0.2) is 14.8 Å². The van der Waals surface area contributed by atoms with E-state index in [0.29, 0.717) is 18.1 Å². The van der Waals surface area contributed by atoms with Crippen LogP contribution in [0.25, 0.3) is 0 Å². The molecule has 0 fully saturated rings. The summed E-state index contributed by atoms with van der Waals surface area (Å²) in [6.07, 6.45) is 3.38. The van der Waals surface area contributed by atoms with E-state index in [4.69, 9.17) is 0 Å². The first kappa shape index (κ1) is 15.3. The molecule has 0 spiro atoms. The highest BCUT2D eigenvalue weighted by Gasteiger charge is 2.28. The summed E-state index contributed by atoms with van der Waals surface area (Å²) in [7, 11) is 0. The summed E-state index contributed by atoms with van der Waals surface area (Å²) in [6.45, 7) is 12.4. The molecule has 0 N–H and O–H groups in total. The Bertz CT molecular complexity index is 627. The Morgan fingerprint density at radius 1 is 1.19 bits per heavy atom. The Morgan fingerprint density at radius 3 is 2.33 bits per heavy atom. The molecule has 0 saturated carbocycles. The second-order valence-electron chi connectivity index (χ2n) is 7.37. The van der Waals surface area contributed by atoms with E-state index in [0.717, 1.165) is 4.68 Å². The van der Waals surface area contributed by atoms with Gasteiger partial charge in [-0.1, -0.05) is 41.5 Å². The van der Waals surface area contributed by atoms with Gasteiger partial charge in [0.25, 0.3) is 0 Å². The molecule has 0 aromatic carbocycles. The molecule has 0 unspecified atom stereocenters. The van der Waals surface area contributed by atoms with Gasteiger partial charge in [0.1, 0.15) is 18.5 Å². The average molecular weight is 290 g/mol. The lowest BCUT2D eigenvalue weighted by Crippen LogP contribution is -2.28. The van der Waals surface area contributed by atoms with Gasteiger partial charge in [0.2, 0.25) is 0 Å². The highest BCUT2D eigenvalue weighted by molar-refractivity contribution is 5.77. The first-order chi connectivity index (χ1) is 9.58. The van der Waals surface area contributed by atoms with Crippen LogP contribution in [0.15, 0.2) is 12.7 Å². The van der Waals surface area contributed by atoms with E-state index in [-0.39, 0.29) is 16.9 Å². The van der Waals surface area contributed by atoms with E-state index in [1.54, 1.807) is 0 Å². The molecular weight excluding hydrogens is 268 g/mol. The lowest BCUT2D eigenvalue weighted by atomic mass is 9.92. The largest absolute Gasteiger partial charge is 0.372 e. The van der Waals surface area contributed by atoms with E-state index in [2.05, 4.69) is 40.9 Å². The highest BCUT2D eigenvalue weighted by atomic mass is 16.2. The maximum absolute atomic E-state index is 12.5. The molecule has 7 nitrogen and oxygen atoms in total. The SMILES string of the molecule is CC(C)(C)Cc1nc(C(C)(C)C)n(C(=O)n2cncn2)n1. The fourth-order valence-electron chi connectivity index (χ4n) is 1.93. The van der Waals surface area contributed by atoms with Crippen LogP contribution in [0.2, 0.25) is 0 Å². The van der Waals surface area contributed by atoms with Gasteiger partial charge in [0.05, 0.1) is 0 Å². The molecule has 2 aromatic heterocycles. The van der Waals surface area contributed by atoms with Crippen LogP contribution in [0, 0.1) is 5.41 Å². The fourth-order valence-corrected chi connectivity index (χ4v) is 1.93. The van der Waals surface area contributed by atoms with Crippen molar-refractivity contribution in [3.63, 3.8) is 0 Å². The fraction of sp³-hybridized carbons (Fsp3) is 0.643. The zero-order valence-electron chi connectivity index (χ0n) is 13.5. The molecular formula is C14H22N6O. The predicted molar refractivity (Wildman–Crippen MR) is 78.1 cm³/mol. The Labute approximate surface area is 124 Å². The van der Waals surface area contributed by atoms with Gasteiger partial charge in [-0.2, -0.15) is 14.5 Å². The quantitative estimate of drug-likeness (QED) is 0.805. The molecule has 0 amide bonds. The number of aromatic nitrogens is 6. The van der Waals surface area contributed by atoms with Crippen LogP contribution in [-0.4, -0.2) is 35.6 Å².